The minimum Gasteiger partial charge on any atom is -0.376 e. The van der Waals surface area contributed by atoms with E-state index in [-0.39, 0.29) is 0 Å². The van der Waals surface area contributed by atoms with Gasteiger partial charge in [-0.15, -0.1) is 0 Å². The first-order valence-electron chi connectivity index (χ1n) is 10.2. The van der Waals surface area contributed by atoms with Gasteiger partial charge in [-0.05, 0) is 48.6 Å². The molecule has 1 aliphatic heterocycles. The van der Waals surface area contributed by atoms with Crippen molar-refractivity contribution in [2.45, 2.75) is 25.7 Å². The fourth-order valence-corrected chi connectivity index (χ4v) is 3.15. The Morgan fingerprint density at radius 1 is 1.17 bits per heavy atom. The zero-order valence-electron chi connectivity index (χ0n) is 17.2. The van der Waals surface area contributed by atoms with Crippen LogP contribution in [0.5, 0.6) is 0 Å². The first kappa shape index (κ1) is 21.4. The van der Waals surface area contributed by atoms with E-state index in [9.17, 15) is 0 Å². The number of pyridine rings is 1. The highest BCUT2D eigenvalue weighted by Gasteiger charge is 2.05. The highest BCUT2D eigenvalue weighted by Crippen LogP contribution is 2.19. The molecule has 1 aliphatic carbocycles. The number of aliphatic imine (C=N–C) groups is 1. The molecule has 0 atom stereocenters. The van der Waals surface area contributed by atoms with Gasteiger partial charge in [0.1, 0.15) is 0 Å². The van der Waals surface area contributed by atoms with Gasteiger partial charge in [0.2, 0.25) is 0 Å². The summed E-state index contributed by atoms with van der Waals surface area (Å²) >= 11 is 0. The third-order valence-corrected chi connectivity index (χ3v) is 4.76. The zero-order valence-corrected chi connectivity index (χ0v) is 17.2. The van der Waals surface area contributed by atoms with Crippen molar-refractivity contribution in [3.8, 4) is 0 Å². The summed E-state index contributed by atoms with van der Waals surface area (Å²) in [5.74, 6) is 0. The van der Waals surface area contributed by atoms with E-state index in [4.69, 9.17) is 4.74 Å². The molecule has 2 heterocycles. The molecule has 3 rings (SSSR count). The summed E-state index contributed by atoms with van der Waals surface area (Å²) in [6.45, 7) is 4.60. The van der Waals surface area contributed by atoms with Crippen LogP contribution >= 0.6 is 0 Å². The third kappa shape index (κ3) is 7.26. The van der Waals surface area contributed by atoms with Crippen molar-refractivity contribution in [3.63, 3.8) is 0 Å². The molecule has 5 heteroatoms. The maximum Gasteiger partial charge on any atom is 0.0737 e. The van der Waals surface area contributed by atoms with Crippen LogP contribution in [-0.2, 0) is 4.74 Å². The highest BCUT2D eigenvalue weighted by molar-refractivity contribution is 5.97. The van der Waals surface area contributed by atoms with E-state index >= 15 is 0 Å². The number of hydrogen-bond donors (Lipinski definition) is 1. The lowest BCUT2D eigenvalue weighted by Crippen LogP contribution is -2.04. The van der Waals surface area contributed by atoms with Crippen LogP contribution in [0, 0.1) is 0 Å². The van der Waals surface area contributed by atoms with E-state index in [2.05, 4.69) is 69.8 Å². The van der Waals surface area contributed by atoms with Gasteiger partial charge in [-0.3, -0.25) is 15.4 Å². The second-order valence-corrected chi connectivity index (χ2v) is 6.99. The molecule has 1 aromatic heterocycles. The van der Waals surface area contributed by atoms with Crippen molar-refractivity contribution in [2.24, 2.45) is 10.1 Å². The minimum absolute atomic E-state index is 0.496. The normalized spacial score (nSPS) is 16.3. The molecule has 0 saturated carbocycles. The second kappa shape index (κ2) is 12.3. The van der Waals surface area contributed by atoms with Crippen LogP contribution in [0.25, 0.3) is 5.57 Å². The van der Waals surface area contributed by atoms with Gasteiger partial charge in [-0.1, -0.05) is 42.0 Å². The molecule has 2 aliphatic rings. The van der Waals surface area contributed by atoms with Gasteiger partial charge in [0.05, 0.1) is 13.2 Å². The summed E-state index contributed by atoms with van der Waals surface area (Å²) in [5.41, 5.74) is 8.58. The van der Waals surface area contributed by atoms with E-state index in [0.29, 0.717) is 13.2 Å². The second-order valence-electron chi connectivity index (χ2n) is 6.99. The first-order valence-corrected chi connectivity index (χ1v) is 10.2. The van der Waals surface area contributed by atoms with Gasteiger partial charge < -0.3 is 4.74 Å². The highest BCUT2D eigenvalue weighted by atomic mass is 16.5. The van der Waals surface area contributed by atoms with Crippen LogP contribution in [0.1, 0.15) is 31.2 Å². The first-order chi connectivity index (χ1) is 14.8. The number of aromatic nitrogens is 1. The Kier molecular flexibility index (Phi) is 8.77. The molecule has 0 spiro atoms. The molecule has 5 nitrogen and oxygen atoms in total. The van der Waals surface area contributed by atoms with E-state index in [1.54, 1.807) is 12.4 Å². The van der Waals surface area contributed by atoms with Gasteiger partial charge in [0.25, 0.3) is 0 Å². The molecular weight excluding hydrogens is 372 g/mol. The van der Waals surface area contributed by atoms with Crippen LogP contribution in [0.2, 0.25) is 0 Å². The van der Waals surface area contributed by atoms with Crippen LogP contribution < -0.4 is 5.43 Å². The molecule has 30 heavy (non-hydrogen) atoms. The zero-order chi connectivity index (χ0) is 20.9. The number of nitrogens with one attached hydrogen (secondary N) is 1. The molecule has 1 aromatic rings. The molecule has 154 valence electrons. The SMILES string of the molecule is C=NN/C=C(\COCCC1=CC=C(CC2=NC=CCC=C2)C=CC1)c1ccncc1. The molecule has 0 amide bonds. The van der Waals surface area contributed by atoms with E-state index in [1.807, 2.05) is 24.5 Å². The van der Waals surface area contributed by atoms with Crippen LogP contribution in [0.3, 0.4) is 0 Å². The van der Waals surface area contributed by atoms with E-state index in [1.165, 1.54) is 11.1 Å². The smallest absolute Gasteiger partial charge is 0.0737 e. The lowest BCUT2D eigenvalue weighted by atomic mass is 10.1. The van der Waals surface area contributed by atoms with Crippen LogP contribution in [0.4, 0.5) is 0 Å². The number of rotatable bonds is 10. The molecular formula is C25H28N4O. The maximum absolute atomic E-state index is 5.94. The third-order valence-electron chi connectivity index (χ3n) is 4.76. The minimum atomic E-state index is 0.496. The summed E-state index contributed by atoms with van der Waals surface area (Å²) in [7, 11) is 0. The van der Waals surface area contributed by atoms with Crippen molar-refractivity contribution < 1.29 is 4.74 Å². The molecule has 1 N–H and O–H groups in total. The van der Waals surface area contributed by atoms with Gasteiger partial charge in [0.15, 0.2) is 0 Å². The summed E-state index contributed by atoms with van der Waals surface area (Å²) in [4.78, 5) is 8.56. The lowest BCUT2D eigenvalue weighted by Gasteiger charge is -2.10. The lowest BCUT2D eigenvalue weighted by molar-refractivity contribution is 0.170. The van der Waals surface area contributed by atoms with Crippen molar-refractivity contribution in [1.29, 1.82) is 0 Å². The number of ether oxygens (including phenoxy) is 1. The average molecular weight is 401 g/mol. The van der Waals surface area contributed by atoms with Crippen molar-refractivity contribution >= 4 is 18.0 Å². The fraction of sp³-hybridized carbons (Fsp3) is 0.240. The number of allylic oxidation sites excluding steroid dienone is 8. The van der Waals surface area contributed by atoms with Crippen molar-refractivity contribution in [1.82, 2.24) is 10.4 Å². The predicted octanol–water partition coefficient (Wildman–Crippen LogP) is 5.15. The topological polar surface area (TPSA) is 58.9 Å². The quantitative estimate of drug-likeness (QED) is 0.336. The Morgan fingerprint density at radius 2 is 2.07 bits per heavy atom. The standard InChI is InChI=1S/C25H28N4O/c1-26-29-19-24(23-11-15-27-16-12-23)20-30-17-13-21-6-5-7-22(10-9-21)18-25-8-3-2-4-14-28-25/h3-5,7-12,14-16,19,29H,1-2,6,13,17-18,20H2/b24-19+. The predicted molar refractivity (Wildman–Crippen MR) is 125 cm³/mol. The monoisotopic (exact) mass is 400 g/mol. The van der Waals surface area contributed by atoms with Crippen LogP contribution in [-0.4, -0.2) is 30.6 Å². The summed E-state index contributed by atoms with van der Waals surface area (Å²) in [6, 6.07) is 3.91. The van der Waals surface area contributed by atoms with E-state index < -0.39 is 0 Å². The molecule has 0 unspecified atom stereocenters. The Morgan fingerprint density at radius 3 is 2.93 bits per heavy atom. The number of nitrogens with zero attached hydrogens (tertiary/aromatic N) is 3. The molecule has 0 saturated heterocycles. The van der Waals surface area contributed by atoms with Crippen molar-refractivity contribution in [2.75, 3.05) is 13.2 Å². The van der Waals surface area contributed by atoms with Gasteiger partial charge in [-0.2, -0.15) is 5.10 Å². The van der Waals surface area contributed by atoms with Crippen molar-refractivity contribution in [3.05, 3.63) is 96.2 Å². The molecule has 0 radical (unpaired) electrons. The summed E-state index contributed by atoms with van der Waals surface area (Å²) in [6.07, 6.45) is 26.1. The van der Waals surface area contributed by atoms with Gasteiger partial charge >= 0.3 is 0 Å². The number of hydrogen-bond acceptors (Lipinski definition) is 5. The van der Waals surface area contributed by atoms with E-state index in [0.717, 1.165) is 42.5 Å². The van der Waals surface area contributed by atoms with Crippen LogP contribution in [0.15, 0.2) is 101 Å². The van der Waals surface area contributed by atoms with Gasteiger partial charge in [-0.25, -0.2) is 0 Å². The fourth-order valence-electron chi connectivity index (χ4n) is 3.15. The summed E-state index contributed by atoms with van der Waals surface area (Å²) < 4.78 is 5.94. The molecule has 0 bridgehead atoms. The largest absolute Gasteiger partial charge is 0.376 e. The Balaban J connectivity index is 1.50. The molecule has 0 aromatic carbocycles. The number of hydrazone groups is 1. The Labute approximate surface area is 178 Å². The average Bonchev–Trinajstić information content (AvgIpc) is 3.17. The maximum atomic E-state index is 5.94. The molecule has 0 fully saturated rings. The summed E-state index contributed by atoms with van der Waals surface area (Å²) in [5, 5.41) is 3.68. The Bertz CT molecular complexity index is 918. The Hall–Kier alpha value is -3.31. The van der Waals surface area contributed by atoms with Gasteiger partial charge in [0, 0.05) is 49.2 Å².